The van der Waals surface area contributed by atoms with Crippen LogP contribution in [0.3, 0.4) is 0 Å². The lowest BCUT2D eigenvalue weighted by Gasteiger charge is -2.12. The van der Waals surface area contributed by atoms with Crippen LogP contribution in [0.2, 0.25) is 0 Å². The van der Waals surface area contributed by atoms with E-state index in [4.69, 9.17) is 8.92 Å². The average Bonchev–Trinajstić information content (AvgIpc) is 2.31. The first-order valence-electron chi connectivity index (χ1n) is 6.26. The molecule has 0 aliphatic carbocycles. The minimum Gasteiger partial charge on any atom is -0.385 e. The quantitative estimate of drug-likeness (QED) is 0.570. The van der Waals surface area contributed by atoms with E-state index in [-0.39, 0.29) is 6.61 Å². The molecule has 0 aromatic heterocycles. The molecule has 19 heavy (non-hydrogen) atoms. The molecule has 0 saturated heterocycles. The molecule has 0 atom stereocenters. The van der Waals surface area contributed by atoms with Crippen LogP contribution in [0.1, 0.15) is 28.7 Å². The van der Waals surface area contributed by atoms with Crippen molar-refractivity contribution in [1.29, 1.82) is 0 Å². The maximum absolute atomic E-state index is 11.1. The van der Waals surface area contributed by atoms with E-state index >= 15 is 0 Å². The molecule has 0 aliphatic heterocycles. The van der Waals surface area contributed by atoms with Crippen molar-refractivity contribution < 1.29 is 17.3 Å². The Balaban J connectivity index is 2.84. The third-order valence-electron chi connectivity index (χ3n) is 3.08. The molecule has 0 heterocycles. The van der Waals surface area contributed by atoms with E-state index in [1.54, 1.807) is 7.11 Å². The van der Waals surface area contributed by atoms with E-state index in [0.717, 1.165) is 42.4 Å². The minimum absolute atomic E-state index is 0.101. The number of aryl methyl sites for hydroxylation is 2. The van der Waals surface area contributed by atoms with Gasteiger partial charge in [-0.25, -0.2) is 0 Å². The fourth-order valence-electron chi connectivity index (χ4n) is 1.90. The fourth-order valence-corrected chi connectivity index (χ4v) is 2.24. The zero-order chi connectivity index (χ0) is 14.5. The monoisotopic (exact) mass is 286 g/mol. The lowest BCUT2D eigenvalue weighted by atomic mass is 9.98. The Hall–Kier alpha value is -0.910. The number of rotatable bonds is 7. The standard InChI is InChI=1S/C14H22O4S/c1-11-8-13(6-5-7-17-3)9-14(12(11)2)10-18-19(4,15)16/h8-9H,5-7,10H2,1-4H3. The summed E-state index contributed by atoms with van der Waals surface area (Å²) in [5, 5.41) is 0. The molecule has 0 spiro atoms. The van der Waals surface area contributed by atoms with E-state index in [2.05, 4.69) is 6.07 Å². The van der Waals surface area contributed by atoms with Gasteiger partial charge in [-0.2, -0.15) is 8.42 Å². The third-order valence-corrected chi connectivity index (χ3v) is 3.62. The predicted molar refractivity (Wildman–Crippen MR) is 75.7 cm³/mol. The smallest absolute Gasteiger partial charge is 0.264 e. The van der Waals surface area contributed by atoms with Gasteiger partial charge < -0.3 is 4.74 Å². The summed E-state index contributed by atoms with van der Waals surface area (Å²) in [6.07, 6.45) is 2.93. The van der Waals surface area contributed by atoms with Crippen LogP contribution >= 0.6 is 0 Å². The van der Waals surface area contributed by atoms with Gasteiger partial charge in [-0.1, -0.05) is 12.1 Å². The molecule has 1 rings (SSSR count). The summed E-state index contributed by atoms with van der Waals surface area (Å²) >= 11 is 0. The summed E-state index contributed by atoms with van der Waals surface area (Å²) in [6.45, 7) is 4.83. The molecule has 0 fully saturated rings. The highest BCUT2D eigenvalue weighted by Gasteiger charge is 2.08. The fraction of sp³-hybridized carbons (Fsp3) is 0.571. The normalized spacial score (nSPS) is 11.8. The summed E-state index contributed by atoms with van der Waals surface area (Å²) in [6, 6.07) is 4.15. The molecule has 4 nitrogen and oxygen atoms in total. The van der Waals surface area contributed by atoms with Gasteiger partial charge in [-0.3, -0.25) is 4.18 Å². The van der Waals surface area contributed by atoms with Gasteiger partial charge in [-0.05, 0) is 48.9 Å². The maximum atomic E-state index is 11.1. The average molecular weight is 286 g/mol. The van der Waals surface area contributed by atoms with Crippen LogP contribution < -0.4 is 0 Å². The molecule has 5 heteroatoms. The van der Waals surface area contributed by atoms with Gasteiger partial charge >= 0.3 is 0 Å². The van der Waals surface area contributed by atoms with Crippen molar-refractivity contribution in [2.45, 2.75) is 33.3 Å². The molecule has 1 aromatic carbocycles. The molecule has 0 bridgehead atoms. The molecule has 0 aliphatic rings. The van der Waals surface area contributed by atoms with E-state index < -0.39 is 10.1 Å². The van der Waals surface area contributed by atoms with Crippen LogP contribution in [-0.2, 0) is 32.1 Å². The van der Waals surface area contributed by atoms with Gasteiger partial charge in [0.1, 0.15) is 0 Å². The van der Waals surface area contributed by atoms with Crippen molar-refractivity contribution in [3.05, 3.63) is 34.4 Å². The van der Waals surface area contributed by atoms with Crippen LogP contribution in [0.15, 0.2) is 12.1 Å². The van der Waals surface area contributed by atoms with Gasteiger partial charge in [0.25, 0.3) is 10.1 Å². The number of hydrogen-bond acceptors (Lipinski definition) is 4. The SMILES string of the molecule is COCCCc1cc(C)c(C)c(COS(C)(=O)=O)c1. The summed E-state index contributed by atoms with van der Waals surface area (Å²) in [5.41, 5.74) is 4.35. The van der Waals surface area contributed by atoms with Gasteiger partial charge in [0, 0.05) is 13.7 Å². The zero-order valence-electron chi connectivity index (χ0n) is 12.0. The second kappa shape index (κ2) is 7.03. The van der Waals surface area contributed by atoms with Crippen LogP contribution in [0, 0.1) is 13.8 Å². The van der Waals surface area contributed by atoms with E-state index in [9.17, 15) is 8.42 Å². The second-order valence-corrected chi connectivity index (χ2v) is 6.40. The molecular weight excluding hydrogens is 264 g/mol. The molecule has 108 valence electrons. The first-order valence-corrected chi connectivity index (χ1v) is 8.07. The molecule has 0 saturated carbocycles. The molecular formula is C14H22O4S. The number of benzene rings is 1. The van der Waals surface area contributed by atoms with Gasteiger partial charge in [0.15, 0.2) is 0 Å². The van der Waals surface area contributed by atoms with Crippen LogP contribution in [-0.4, -0.2) is 28.4 Å². The summed E-state index contributed by atoms with van der Waals surface area (Å²) in [5.74, 6) is 0. The first kappa shape index (κ1) is 16.1. The highest BCUT2D eigenvalue weighted by molar-refractivity contribution is 7.85. The van der Waals surface area contributed by atoms with Crippen molar-refractivity contribution in [3.8, 4) is 0 Å². The van der Waals surface area contributed by atoms with Crippen molar-refractivity contribution in [1.82, 2.24) is 0 Å². The molecule has 0 amide bonds. The van der Waals surface area contributed by atoms with Gasteiger partial charge in [0.2, 0.25) is 0 Å². The van der Waals surface area contributed by atoms with Crippen molar-refractivity contribution in [2.75, 3.05) is 20.0 Å². The largest absolute Gasteiger partial charge is 0.385 e. The highest BCUT2D eigenvalue weighted by atomic mass is 32.2. The Morgan fingerprint density at radius 2 is 1.89 bits per heavy atom. The van der Waals surface area contributed by atoms with E-state index in [0.29, 0.717) is 0 Å². The Morgan fingerprint density at radius 1 is 1.21 bits per heavy atom. The molecule has 0 N–H and O–H groups in total. The Labute approximate surface area is 115 Å². The Bertz CT molecular complexity index is 520. The topological polar surface area (TPSA) is 52.6 Å². The van der Waals surface area contributed by atoms with Crippen molar-refractivity contribution >= 4 is 10.1 Å². The maximum Gasteiger partial charge on any atom is 0.264 e. The van der Waals surface area contributed by atoms with Gasteiger partial charge in [0.05, 0.1) is 12.9 Å². The summed E-state index contributed by atoms with van der Waals surface area (Å²) in [7, 11) is -1.72. The number of methoxy groups -OCH3 is 1. The molecule has 1 aromatic rings. The van der Waals surface area contributed by atoms with E-state index in [1.807, 2.05) is 19.9 Å². The van der Waals surface area contributed by atoms with Crippen molar-refractivity contribution in [3.63, 3.8) is 0 Å². The van der Waals surface area contributed by atoms with Crippen LogP contribution in [0.4, 0.5) is 0 Å². The Morgan fingerprint density at radius 3 is 2.47 bits per heavy atom. The van der Waals surface area contributed by atoms with Gasteiger partial charge in [-0.15, -0.1) is 0 Å². The second-order valence-electron chi connectivity index (χ2n) is 4.76. The first-order chi connectivity index (χ1) is 8.83. The third kappa shape index (κ3) is 5.72. The van der Waals surface area contributed by atoms with Crippen LogP contribution in [0.5, 0.6) is 0 Å². The van der Waals surface area contributed by atoms with Crippen LogP contribution in [0.25, 0.3) is 0 Å². The summed E-state index contributed by atoms with van der Waals surface area (Å²) < 4.78 is 32.0. The molecule has 0 unspecified atom stereocenters. The predicted octanol–water partition coefficient (Wildman–Crippen LogP) is 2.36. The minimum atomic E-state index is -3.41. The number of hydrogen-bond donors (Lipinski definition) is 0. The highest BCUT2D eigenvalue weighted by Crippen LogP contribution is 2.19. The summed E-state index contributed by atoms with van der Waals surface area (Å²) in [4.78, 5) is 0. The Kier molecular flexibility index (Phi) is 5.97. The lowest BCUT2D eigenvalue weighted by molar-refractivity contribution is 0.195. The lowest BCUT2D eigenvalue weighted by Crippen LogP contribution is -2.05. The molecule has 0 radical (unpaired) electrons. The van der Waals surface area contributed by atoms with E-state index in [1.165, 1.54) is 5.56 Å². The zero-order valence-corrected chi connectivity index (χ0v) is 12.8. The van der Waals surface area contributed by atoms with Crippen molar-refractivity contribution in [2.24, 2.45) is 0 Å². The number of ether oxygens (including phenoxy) is 1.